The average Bonchev–Trinajstić information content (AvgIpc) is 2.83. The molecular weight excluding hydrogens is 462 g/mol. The molecule has 3 rings (SSSR count). The third-order valence-electron chi connectivity index (χ3n) is 6.90. The summed E-state index contributed by atoms with van der Waals surface area (Å²) in [6.45, 7) is -1.80. The molecule has 1 heterocycles. The highest BCUT2D eigenvalue weighted by molar-refractivity contribution is 5.22. The zero-order valence-corrected chi connectivity index (χ0v) is 18.2. The van der Waals surface area contributed by atoms with E-state index in [1.54, 1.807) is 0 Å². The fraction of sp³-hybridized carbons (Fsp3) is 0.900. The van der Waals surface area contributed by atoms with Crippen LogP contribution in [0.5, 0.6) is 0 Å². The van der Waals surface area contributed by atoms with Gasteiger partial charge in [-0.1, -0.05) is 6.08 Å². The second-order valence-electron chi connectivity index (χ2n) is 9.08. The lowest BCUT2D eigenvalue weighted by Crippen LogP contribution is -2.66. The minimum Gasteiger partial charge on any atom is -0.396 e. The van der Waals surface area contributed by atoms with Crippen LogP contribution in [0, 0.1) is 5.92 Å². The molecule has 34 heavy (non-hydrogen) atoms. The van der Waals surface area contributed by atoms with E-state index < -0.39 is 105 Å². The summed E-state index contributed by atoms with van der Waals surface area (Å²) in [7, 11) is 0. The van der Waals surface area contributed by atoms with Crippen LogP contribution in [-0.2, 0) is 9.47 Å². The maximum Gasteiger partial charge on any atom is 0.187 e. The molecule has 198 valence electrons. The normalized spacial score (nSPS) is 50.1. The highest BCUT2D eigenvalue weighted by atomic mass is 16.7. The summed E-state index contributed by atoms with van der Waals surface area (Å²) in [5.74, 6) is -0.833. The number of hydrogen-bond donors (Lipinski definition) is 12. The Morgan fingerprint density at radius 1 is 0.794 bits per heavy atom. The van der Waals surface area contributed by atoms with E-state index in [-0.39, 0.29) is 12.0 Å². The van der Waals surface area contributed by atoms with Gasteiger partial charge in [0.1, 0.15) is 48.8 Å². The molecule has 0 bridgehead atoms. The first-order chi connectivity index (χ1) is 16.0. The predicted molar refractivity (Wildman–Crippen MR) is 110 cm³/mol. The number of aliphatic hydroxyl groups is 11. The largest absolute Gasteiger partial charge is 0.396 e. The molecule has 1 aliphatic heterocycles. The Labute approximate surface area is 194 Å². The third-order valence-corrected chi connectivity index (χ3v) is 6.90. The van der Waals surface area contributed by atoms with Crippen molar-refractivity contribution in [3.63, 3.8) is 0 Å². The Morgan fingerprint density at radius 3 is 2.06 bits per heavy atom. The number of ether oxygens (including phenoxy) is 2. The van der Waals surface area contributed by atoms with Crippen LogP contribution >= 0.6 is 0 Å². The first kappa shape index (κ1) is 27.8. The minimum atomic E-state index is -1.75. The molecule has 2 fully saturated rings. The van der Waals surface area contributed by atoms with Crippen LogP contribution in [0.2, 0.25) is 0 Å². The number of aliphatic hydroxyl groups excluding tert-OH is 11. The molecule has 12 N–H and O–H groups in total. The summed E-state index contributed by atoms with van der Waals surface area (Å²) < 4.78 is 10.9. The van der Waals surface area contributed by atoms with Crippen molar-refractivity contribution in [2.45, 2.75) is 85.8 Å². The van der Waals surface area contributed by atoms with Crippen molar-refractivity contribution >= 4 is 0 Å². The van der Waals surface area contributed by atoms with E-state index in [4.69, 9.17) is 9.47 Å². The van der Waals surface area contributed by atoms with Crippen molar-refractivity contribution in [2.75, 3.05) is 19.8 Å². The molecule has 0 radical (unpaired) electrons. The van der Waals surface area contributed by atoms with E-state index in [1.165, 1.54) is 6.08 Å². The molecule has 0 aromatic rings. The van der Waals surface area contributed by atoms with Crippen molar-refractivity contribution in [1.82, 2.24) is 5.32 Å². The van der Waals surface area contributed by atoms with Gasteiger partial charge in [0.25, 0.3) is 0 Å². The van der Waals surface area contributed by atoms with E-state index in [0.717, 1.165) is 0 Å². The van der Waals surface area contributed by atoms with Gasteiger partial charge in [0.15, 0.2) is 6.29 Å². The zero-order chi connectivity index (χ0) is 25.3. The molecule has 1 saturated heterocycles. The summed E-state index contributed by atoms with van der Waals surface area (Å²) in [4.78, 5) is 0. The lowest BCUT2D eigenvalue weighted by molar-refractivity contribution is -0.328. The topological polar surface area (TPSA) is 253 Å². The highest BCUT2D eigenvalue weighted by Crippen LogP contribution is 2.33. The maximum atomic E-state index is 10.7. The van der Waals surface area contributed by atoms with Crippen molar-refractivity contribution in [1.29, 1.82) is 0 Å². The number of hydrogen-bond acceptors (Lipinski definition) is 14. The first-order valence-electron chi connectivity index (χ1n) is 11.1. The van der Waals surface area contributed by atoms with Crippen LogP contribution in [0.3, 0.4) is 0 Å². The Hall–Kier alpha value is -0.820. The highest BCUT2D eigenvalue weighted by Gasteiger charge is 2.50. The molecule has 2 aliphatic carbocycles. The Bertz CT molecular complexity index is 693. The van der Waals surface area contributed by atoms with Gasteiger partial charge in [0, 0.05) is 18.6 Å². The van der Waals surface area contributed by atoms with E-state index >= 15 is 0 Å². The fourth-order valence-electron chi connectivity index (χ4n) is 4.77. The molecule has 4 unspecified atom stereocenters. The van der Waals surface area contributed by atoms with Crippen molar-refractivity contribution in [3.8, 4) is 0 Å². The third kappa shape index (κ3) is 5.30. The average molecular weight is 497 g/mol. The fourth-order valence-corrected chi connectivity index (χ4v) is 4.77. The lowest BCUT2D eigenvalue weighted by Gasteiger charge is -2.47. The van der Waals surface area contributed by atoms with Gasteiger partial charge in [-0.05, 0) is 12.0 Å². The van der Waals surface area contributed by atoms with Gasteiger partial charge >= 0.3 is 0 Å². The number of nitrogens with one attached hydrogen (secondary N) is 1. The van der Waals surface area contributed by atoms with Crippen molar-refractivity contribution in [2.24, 2.45) is 5.92 Å². The summed E-state index contributed by atoms with van der Waals surface area (Å²) in [6.07, 6.45) is -15.7. The second-order valence-corrected chi connectivity index (χ2v) is 9.08. The van der Waals surface area contributed by atoms with Crippen LogP contribution in [0.25, 0.3) is 0 Å². The van der Waals surface area contributed by atoms with Crippen LogP contribution < -0.4 is 5.32 Å². The molecule has 0 aromatic heterocycles. The monoisotopic (exact) mass is 497 g/mol. The van der Waals surface area contributed by atoms with Gasteiger partial charge < -0.3 is 71.0 Å². The molecule has 1 saturated carbocycles. The molecule has 14 nitrogen and oxygen atoms in total. The molecule has 3 aliphatic rings. The van der Waals surface area contributed by atoms with E-state index in [0.29, 0.717) is 0 Å². The SMILES string of the molecule is OCC1=CC(NC2C[C@H](CO)C(OC3O[C@@H](CO)[C@H](O)[C@@H](O)[C@@H]3O)[C@H](O)[C@H]2O)[C@H](O)[C@@H](O)[C@@H]1O. The van der Waals surface area contributed by atoms with Crippen molar-refractivity contribution in [3.05, 3.63) is 11.6 Å². The summed E-state index contributed by atoms with van der Waals surface area (Å²) in [5.41, 5.74) is 0.0590. The van der Waals surface area contributed by atoms with Crippen molar-refractivity contribution < 1.29 is 65.6 Å². The van der Waals surface area contributed by atoms with Gasteiger partial charge in [-0.25, -0.2) is 0 Å². The van der Waals surface area contributed by atoms with E-state index in [2.05, 4.69) is 5.32 Å². The zero-order valence-electron chi connectivity index (χ0n) is 18.2. The molecule has 0 spiro atoms. The van der Waals surface area contributed by atoms with Gasteiger partial charge in [-0.2, -0.15) is 0 Å². The second kappa shape index (κ2) is 11.5. The molecule has 0 amide bonds. The van der Waals surface area contributed by atoms with E-state index in [1.807, 2.05) is 0 Å². The quantitative estimate of drug-likeness (QED) is 0.146. The first-order valence-corrected chi connectivity index (χ1v) is 11.1. The van der Waals surface area contributed by atoms with Crippen LogP contribution in [-0.4, -0.2) is 155 Å². The lowest BCUT2D eigenvalue weighted by atomic mass is 9.78. The van der Waals surface area contributed by atoms with Gasteiger partial charge in [0.05, 0.1) is 31.5 Å². The minimum absolute atomic E-state index is 0.0129. The van der Waals surface area contributed by atoms with Gasteiger partial charge in [-0.15, -0.1) is 0 Å². The van der Waals surface area contributed by atoms with Gasteiger partial charge in [0.2, 0.25) is 0 Å². The van der Waals surface area contributed by atoms with Crippen LogP contribution in [0.1, 0.15) is 6.42 Å². The standard InChI is InChI=1S/C20H35NO13/c22-3-6-1-8(12(26)15(29)11(6)25)21-9-2-7(4-23)19(17(31)13(9)27)34-20-18(32)16(30)14(28)10(5-24)33-20/h1,7-32H,2-5H2/t7-,8?,9?,10+,11-,12+,13+,14+,15+,16-,17-,18+,19?,20?/m1/s1. The predicted octanol–water partition coefficient (Wildman–Crippen LogP) is -6.75. The maximum absolute atomic E-state index is 10.7. The molecule has 0 aromatic carbocycles. The van der Waals surface area contributed by atoms with Gasteiger partial charge in [-0.3, -0.25) is 0 Å². The van der Waals surface area contributed by atoms with Crippen LogP contribution in [0.4, 0.5) is 0 Å². The summed E-state index contributed by atoms with van der Waals surface area (Å²) >= 11 is 0. The number of rotatable bonds is 7. The Morgan fingerprint density at radius 2 is 1.47 bits per heavy atom. The Kier molecular flexibility index (Phi) is 9.38. The molecule has 14 atom stereocenters. The van der Waals surface area contributed by atoms with E-state index in [9.17, 15) is 56.2 Å². The molecule has 14 heteroatoms. The summed E-state index contributed by atoms with van der Waals surface area (Å²) in [6, 6.07) is -1.94. The smallest absolute Gasteiger partial charge is 0.187 e. The summed E-state index contributed by atoms with van der Waals surface area (Å²) in [5, 5.41) is 113. The Balaban J connectivity index is 1.73. The van der Waals surface area contributed by atoms with Crippen LogP contribution in [0.15, 0.2) is 11.6 Å². The molecular formula is C20H35NO13.